The summed E-state index contributed by atoms with van der Waals surface area (Å²) in [5.41, 5.74) is -0.413. The fourth-order valence-electron chi connectivity index (χ4n) is 1.97. The number of amides is 3. The third kappa shape index (κ3) is 4.51. The maximum Gasteiger partial charge on any atom is 0.242 e. The molecule has 0 radical (unpaired) electrons. The zero-order chi connectivity index (χ0) is 15.3. The van der Waals surface area contributed by atoms with E-state index in [4.69, 9.17) is 0 Å². The van der Waals surface area contributed by atoms with Crippen molar-refractivity contribution >= 4 is 17.7 Å². The maximum absolute atomic E-state index is 12.0. The number of carbonyl (C=O) groups is 3. The quantitative estimate of drug-likeness (QED) is 0.727. The van der Waals surface area contributed by atoms with Gasteiger partial charge in [-0.3, -0.25) is 14.4 Å². The van der Waals surface area contributed by atoms with E-state index in [1.54, 1.807) is 11.8 Å². The van der Waals surface area contributed by atoms with Crippen molar-refractivity contribution in [2.24, 2.45) is 5.41 Å². The summed E-state index contributed by atoms with van der Waals surface area (Å²) in [5, 5.41) is 5.54. The third-order valence-corrected chi connectivity index (χ3v) is 3.35. The van der Waals surface area contributed by atoms with Crippen molar-refractivity contribution in [2.75, 3.05) is 19.6 Å². The first-order chi connectivity index (χ1) is 9.23. The molecule has 1 fully saturated rings. The Morgan fingerprint density at radius 3 is 2.65 bits per heavy atom. The molecule has 1 aliphatic rings. The number of carbonyl (C=O) groups excluding carboxylic acids is 3. The standard InChI is InChI=1S/C14H25N3O3/c1-10-12(19)15-8-9-17(10)11(18)6-5-7-16-13(20)14(2,3)4/h10H,5-9H2,1-4H3,(H,15,19)(H,16,20). The van der Waals surface area contributed by atoms with Crippen LogP contribution in [0.2, 0.25) is 0 Å². The van der Waals surface area contributed by atoms with Crippen molar-refractivity contribution in [3.63, 3.8) is 0 Å². The topological polar surface area (TPSA) is 78.5 Å². The predicted octanol–water partition coefficient (Wildman–Crippen LogP) is 0.276. The number of nitrogens with zero attached hydrogens (tertiary/aromatic N) is 1. The Labute approximate surface area is 120 Å². The molecule has 1 saturated heterocycles. The SMILES string of the molecule is CC1C(=O)NCCN1C(=O)CCCNC(=O)C(C)(C)C. The molecule has 6 heteroatoms. The molecule has 114 valence electrons. The van der Waals surface area contributed by atoms with Gasteiger partial charge in [0.2, 0.25) is 17.7 Å². The Morgan fingerprint density at radius 2 is 2.05 bits per heavy atom. The van der Waals surface area contributed by atoms with Gasteiger partial charge in [-0.05, 0) is 13.3 Å². The average Bonchev–Trinajstić information content (AvgIpc) is 2.36. The number of nitrogens with one attached hydrogen (secondary N) is 2. The van der Waals surface area contributed by atoms with Gasteiger partial charge < -0.3 is 15.5 Å². The first-order valence-electron chi connectivity index (χ1n) is 7.09. The van der Waals surface area contributed by atoms with E-state index in [2.05, 4.69) is 10.6 Å². The predicted molar refractivity (Wildman–Crippen MR) is 75.9 cm³/mol. The molecule has 0 aromatic rings. The van der Waals surface area contributed by atoms with Crippen LogP contribution in [-0.4, -0.2) is 48.3 Å². The molecule has 1 unspecified atom stereocenters. The van der Waals surface area contributed by atoms with E-state index in [1.807, 2.05) is 20.8 Å². The van der Waals surface area contributed by atoms with Gasteiger partial charge in [0.25, 0.3) is 0 Å². The minimum absolute atomic E-state index is 0.0179. The summed E-state index contributed by atoms with van der Waals surface area (Å²) in [6, 6.07) is -0.402. The lowest BCUT2D eigenvalue weighted by molar-refractivity contribution is -0.142. The van der Waals surface area contributed by atoms with Crippen LogP contribution in [-0.2, 0) is 14.4 Å². The summed E-state index contributed by atoms with van der Waals surface area (Å²) < 4.78 is 0. The molecule has 1 rings (SSSR count). The van der Waals surface area contributed by atoms with Crippen molar-refractivity contribution in [2.45, 2.75) is 46.6 Å². The molecule has 2 N–H and O–H groups in total. The Hall–Kier alpha value is -1.59. The molecule has 0 bridgehead atoms. The van der Waals surface area contributed by atoms with Gasteiger partial charge in [-0.1, -0.05) is 20.8 Å². The van der Waals surface area contributed by atoms with Crippen molar-refractivity contribution in [3.8, 4) is 0 Å². The van der Waals surface area contributed by atoms with Gasteiger partial charge in [-0.2, -0.15) is 0 Å². The van der Waals surface area contributed by atoms with Crippen molar-refractivity contribution in [1.29, 1.82) is 0 Å². The van der Waals surface area contributed by atoms with Crippen molar-refractivity contribution in [3.05, 3.63) is 0 Å². The highest BCUT2D eigenvalue weighted by atomic mass is 16.2. The second kappa shape index (κ2) is 6.72. The first-order valence-corrected chi connectivity index (χ1v) is 7.09. The Bertz CT molecular complexity index is 388. The van der Waals surface area contributed by atoms with Crippen LogP contribution >= 0.6 is 0 Å². The molecule has 0 spiro atoms. The Kier molecular flexibility index (Phi) is 5.53. The molecule has 20 heavy (non-hydrogen) atoms. The van der Waals surface area contributed by atoms with E-state index in [9.17, 15) is 14.4 Å². The van der Waals surface area contributed by atoms with Gasteiger partial charge in [0.1, 0.15) is 6.04 Å². The summed E-state index contributed by atoms with van der Waals surface area (Å²) >= 11 is 0. The van der Waals surface area contributed by atoms with Crippen molar-refractivity contribution in [1.82, 2.24) is 15.5 Å². The molecule has 1 aliphatic heterocycles. The molecule has 0 aliphatic carbocycles. The lowest BCUT2D eigenvalue weighted by atomic mass is 9.96. The Balaban J connectivity index is 2.30. The second-order valence-electron chi connectivity index (χ2n) is 6.16. The lowest BCUT2D eigenvalue weighted by Crippen LogP contribution is -2.55. The first kappa shape index (κ1) is 16.5. The summed E-state index contributed by atoms with van der Waals surface area (Å²) in [4.78, 5) is 36.8. The van der Waals surface area contributed by atoms with E-state index in [-0.39, 0.29) is 17.7 Å². The minimum atomic E-state index is -0.413. The smallest absolute Gasteiger partial charge is 0.242 e. The van der Waals surface area contributed by atoms with Crippen LogP contribution in [0.1, 0.15) is 40.5 Å². The molecule has 6 nitrogen and oxygen atoms in total. The molecular weight excluding hydrogens is 258 g/mol. The molecule has 1 atom stereocenters. The fourth-order valence-corrected chi connectivity index (χ4v) is 1.97. The maximum atomic E-state index is 12.0. The van der Waals surface area contributed by atoms with Gasteiger partial charge >= 0.3 is 0 Å². The third-order valence-electron chi connectivity index (χ3n) is 3.35. The van der Waals surface area contributed by atoms with Gasteiger partial charge in [-0.25, -0.2) is 0 Å². The molecular formula is C14H25N3O3. The summed E-state index contributed by atoms with van der Waals surface area (Å²) in [7, 11) is 0. The molecule has 1 heterocycles. The van der Waals surface area contributed by atoms with Crippen LogP contribution in [0.5, 0.6) is 0 Å². The van der Waals surface area contributed by atoms with Crippen molar-refractivity contribution < 1.29 is 14.4 Å². The summed E-state index contributed by atoms with van der Waals surface area (Å²) in [6.45, 7) is 8.82. The van der Waals surface area contributed by atoms with Gasteiger partial charge in [0.15, 0.2) is 0 Å². The molecule has 0 aromatic carbocycles. The average molecular weight is 283 g/mol. The van der Waals surface area contributed by atoms with E-state index >= 15 is 0 Å². The highest BCUT2D eigenvalue weighted by Gasteiger charge is 2.28. The van der Waals surface area contributed by atoms with Gasteiger partial charge in [0, 0.05) is 31.5 Å². The van der Waals surface area contributed by atoms with E-state index in [1.165, 1.54) is 0 Å². The van der Waals surface area contributed by atoms with Gasteiger partial charge in [-0.15, -0.1) is 0 Å². The summed E-state index contributed by atoms with van der Waals surface area (Å²) in [6.07, 6.45) is 0.938. The van der Waals surface area contributed by atoms with E-state index in [0.717, 1.165) is 0 Å². The Morgan fingerprint density at radius 1 is 1.40 bits per heavy atom. The van der Waals surface area contributed by atoms with Crippen LogP contribution in [0.15, 0.2) is 0 Å². The molecule has 3 amide bonds. The van der Waals surface area contributed by atoms with E-state index in [0.29, 0.717) is 32.5 Å². The highest BCUT2D eigenvalue weighted by molar-refractivity contribution is 5.88. The number of hydrogen-bond donors (Lipinski definition) is 2. The van der Waals surface area contributed by atoms with Crippen LogP contribution < -0.4 is 10.6 Å². The lowest BCUT2D eigenvalue weighted by Gasteiger charge is -2.32. The number of hydrogen-bond acceptors (Lipinski definition) is 3. The largest absolute Gasteiger partial charge is 0.356 e. The summed E-state index contributed by atoms with van der Waals surface area (Å²) in [5.74, 6) is -0.154. The molecule has 0 aromatic heterocycles. The zero-order valence-corrected chi connectivity index (χ0v) is 12.8. The number of rotatable bonds is 4. The molecule has 0 saturated carbocycles. The zero-order valence-electron chi connectivity index (χ0n) is 12.8. The normalized spacial score (nSPS) is 19.5. The minimum Gasteiger partial charge on any atom is -0.356 e. The van der Waals surface area contributed by atoms with Gasteiger partial charge in [0.05, 0.1) is 0 Å². The highest BCUT2D eigenvalue weighted by Crippen LogP contribution is 2.12. The van der Waals surface area contributed by atoms with E-state index < -0.39 is 11.5 Å². The van der Waals surface area contributed by atoms with Crippen LogP contribution in [0.25, 0.3) is 0 Å². The van der Waals surface area contributed by atoms with Crippen LogP contribution in [0.3, 0.4) is 0 Å². The number of piperazine rings is 1. The second-order valence-corrected chi connectivity index (χ2v) is 6.16. The monoisotopic (exact) mass is 283 g/mol. The van der Waals surface area contributed by atoms with Crippen LogP contribution in [0, 0.1) is 5.41 Å². The fraction of sp³-hybridized carbons (Fsp3) is 0.786. The van der Waals surface area contributed by atoms with Crippen LogP contribution in [0.4, 0.5) is 0 Å².